The number of rotatable bonds is 19. The Morgan fingerprint density at radius 1 is 1.12 bits per heavy atom. The molecule has 9 nitrogen and oxygen atoms in total. The smallest absolute Gasteiger partial charge is 0.220 e. The molecule has 0 aromatic rings. The quantitative estimate of drug-likeness (QED) is 0.196. The predicted molar refractivity (Wildman–Crippen MR) is 120 cm³/mol. The van der Waals surface area contributed by atoms with Gasteiger partial charge in [0.15, 0.2) is 6.29 Å². The van der Waals surface area contributed by atoms with Crippen LogP contribution in [0.5, 0.6) is 0 Å². The third kappa shape index (κ3) is 14.4. The Hall–Kier alpha value is -0.810. The molecule has 1 aliphatic rings. The van der Waals surface area contributed by atoms with Gasteiger partial charge in [-0.05, 0) is 52.9 Å². The molecule has 5 atom stereocenters. The maximum Gasteiger partial charge on any atom is 0.220 e. The first-order valence-corrected chi connectivity index (χ1v) is 12.1. The molecule has 2 unspecified atom stereocenters. The van der Waals surface area contributed by atoms with Crippen LogP contribution in [0.25, 0.3) is 0 Å². The van der Waals surface area contributed by atoms with Gasteiger partial charge in [-0.1, -0.05) is 6.42 Å². The average molecular weight is 464 g/mol. The Morgan fingerprint density at radius 2 is 1.91 bits per heavy atom. The maximum absolute atomic E-state index is 11.8. The number of ether oxygens (including phenoxy) is 5. The van der Waals surface area contributed by atoms with E-state index in [-0.39, 0.29) is 18.1 Å². The Morgan fingerprint density at radius 3 is 2.62 bits per heavy atom. The summed E-state index contributed by atoms with van der Waals surface area (Å²) < 4.78 is 27.7. The van der Waals surface area contributed by atoms with Crippen molar-refractivity contribution in [2.24, 2.45) is 0 Å². The number of nitrogens with one attached hydrogen (secondary N) is 1. The molecule has 0 aromatic heterocycles. The van der Waals surface area contributed by atoms with Gasteiger partial charge in [-0.25, -0.2) is 0 Å². The SMILES string of the molecule is CCOCCOCCNC(=O)CCCC[C@@H](O)CCOC(OC1CCCO[C@@H]1C)[C@H](C)O. The topological polar surface area (TPSA) is 116 Å². The average Bonchev–Trinajstić information content (AvgIpc) is 2.76. The van der Waals surface area contributed by atoms with Crippen LogP contribution < -0.4 is 5.32 Å². The van der Waals surface area contributed by atoms with Crippen molar-refractivity contribution < 1.29 is 38.7 Å². The first kappa shape index (κ1) is 29.2. The van der Waals surface area contributed by atoms with Crippen LogP contribution in [0.3, 0.4) is 0 Å². The van der Waals surface area contributed by atoms with Gasteiger partial charge in [0.25, 0.3) is 0 Å². The number of carbonyl (C=O) groups is 1. The van der Waals surface area contributed by atoms with E-state index >= 15 is 0 Å². The van der Waals surface area contributed by atoms with Crippen LogP contribution in [0, 0.1) is 0 Å². The van der Waals surface area contributed by atoms with E-state index in [9.17, 15) is 15.0 Å². The fourth-order valence-electron chi connectivity index (χ4n) is 3.38. The van der Waals surface area contributed by atoms with Crippen LogP contribution in [0.15, 0.2) is 0 Å². The summed E-state index contributed by atoms with van der Waals surface area (Å²) in [5, 5.41) is 22.9. The molecule has 1 heterocycles. The fourth-order valence-corrected chi connectivity index (χ4v) is 3.38. The van der Waals surface area contributed by atoms with Crippen molar-refractivity contribution in [2.75, 3.05) is 46.2 Å². The number of carbonyl (C=O) groups excluding carboxylic acids is 1. The summed E-state index contributed by atoms with van der Waals surface area (Å²) >= 11 is 0. The summed E-state index contributed by atoms with van der Waals surface area (Å²) in [6.07, 6.45) is 2.64. The van der Waals surface area contributed by atoms with E-state index in [4.69, 9.17) is 23.7 Å². The van der Waals surface area contributed by atoms with E-state index in [1.165, 1.54) is 0 Å². The third-order valence-electron chi connectivity index (χ3n) is 5.31. The highest BCUT2D eigenvalue weighted by Crippen LogP contribution is 2.20. The van der Waals surface area contributed by atoms with Crippen LogP contribution in [0.4, 0.5) is 0 Å². The highest BCUT2D eigenvalue weighted by Gasteiger charge is 2.28. The molecule has 0 saturated carbocycles. The van der Waals surface area contributed by atoms with Crippen LogP contribution in [0.1, 0.15) is 65.7 Å². The zero-order valence-electron chi connectivity index (χ0n) is 20.1. The Labute approximate surface area is 193 Å². The zero-order valence-corrected chi connectivity index (χ0v) is 20.1. The van der Waals surface area contributed by atoms with Gasteiger partial charge in [0.05, 0.1) is 44.7 Å². The van der Waals surface area contributed by atoms with Crippen molar-refractivity contribution in [1.29, 1.82) is 0 Å². The maximum atomic E-state index is 11.8. The van der Waals surface area contributed by atoms with Crippen LogP contribution >= 0.6 is 0 Å². The van der Waals surface area contributed by atoms with Crippen molar-refractivity contribution in [3.05, 3.63) is 0 Å². The fraction of sp³-hybridized carbons (Fsp3) is 0.957. The van der Waals surface area contributed by atoms with Crippen LogP contribution in [-0.4, -0.2) is 93.0 Å². The lowest BCUT2D eigenvalue weighted by Crippen LogP contribution is -2.41. The molecule has 190 valence electrons. The molecular formula is C23H45NO8. The zero-order chi connectivity index (χ0) is 23.6. The van der Waals surface area contributed by atoms with Crippen molar-refractivity contribution in [1.82, 2.24) is 5.32 Å². The lowest BCUT2D eigenvalue weighted by molar-refractivity contribution is -0.240. The standard InChI is InChI=1S/C23H45NO8/c1-4-28-16-17-29-15-12-24-22(27)10-6-5-8-20(26)11-14-31-23(18(2)25)32-21-9-7-13-30-19(21)3/h18-21,23,25-26H,4-17H2,1-3H3,(H,24,27)/t18-,19+,20+,21?,23?/m0/s1. The largest absolute Gasteiger partial charge is 0.393 e. The molecule has 1 amide bonds. The number of amides is 1. The minimum absolute atomic E-state index is 0.00549. The van der Waals surface area contributed by atoms with Crippen molar-refractivity contribution in [3.8, 4) is 0 Å². The summed E-state index contributed by atoms with van der Waals surface area (Å²) in [5.74, 6) is -0.00549. The Balaban J connectivity index is 2.04. The first-order chi connectivity index (χ1) is 15.4. The molecule has 0 aliphatic carbocycles. The summed E-state index contributed by atoms with van der Waals surface area (Å²) in [6, 6.07) is 0. The second-order valence-electron chi connectivity index (χ2n) is 8.22. The number of hydrogen-bond donors (Lipinski definition) is 3. The summed E-state index contributed by atoms with van der Waals surface area (Å²) in [5.41, 5.74) is 0. The highest BCUT2D eigenvalue weighted by atomic mass is 16.7. The van der Waals surface area contributed by atoms with Gasteiger partial charge in [0.1, 0.15) is 6.10 Å². The first-order valence-electron chi connectivity index (χ1n) is 12.1. The molecule has 1 rings (SSSR count). The Kier molecular flexibility index (Phi) is 17.0. The minimum atomic E-state index is -0.769. The molecule has 1 aliphatic heterocycles. The molecule has 3 N–H and O–H groups in total. The number of hydrogen-bond acceptors (Lipinski definition) is 8. The minimum Gasteiger partial charge on any atom is -0.393 e. The second-order valence-corrected chi connectivity index (χ2v) is 8.22. The lowest BCUT2D eigenvalue weighted by atomic mass is 10.1. The van der Waals surface area contributed by atoms with Gasteiger partial charge >= 0.3 is 0 Å². The van der Waals surface area contributed by atoms with Crippen molar-refractivity contribution >= 4 is 5.91 Å². The molecule has 0 aromatic carbocycles. The number of aliphatic hydroxyl groups is 2. The molecule has 0 bridgehead atoms. The molecule has 1 fully saturated rings. The van der Waals surface area contributed by atoms with Gasteiger partial charge in [0.2, 0.25) is 5.91 Å². The van der Waals surface area contributed by atoms with Crippen molar-refractivity contribution in [2.45, 2.75) is 96.4 Å². The van der Waals surface area contributed by atoms with E-state index < -0.39 is 18.5 Å². The van der Waals surface area contributed by atoms with Crippen molar-refractivity contribution in [3.63, 3.8) is 0 Å². The highest BCUT2D eigenvalue weighted by molar-refractivity contribution is 5.75. The van der Waals surface area contributed by atoms with E-state index in [0.29, 0.717) is 65.3 Å². The van der Waals surface area contributed by atoms with Gasteiger partial charge in [-0.2, -0.15) is 0 Å². The number of unbranched alkanes of at least 4 members (excludes halogenated alkanes) is 1. The predicted octanol–water partition coefficient (Wildman–Crippen LogP) is 1.77. The summed E-state index contributed by atoms with van der Waals surface area (Å²) in [6.45, 7) is 9.30. The third-order valence-corrected chi connectivity index (χ3v) is 5.31. The molecule has 0 spiro atoms. The molecule has 1 saturated heterocycles. The summed E-state index contributed by atoms with van der Waals surface area (Å²) in [7, 11) is 0. The normalized spacial score (nSPS) is 21.8. The lowest BCUT2D eigenvalue weighted by Gasteiger charge is -2.33. The molecular weight excluding hydrogens is 418 g/mol. The van der Waals surface area contributed by atoms with Gasteiger partial charge in [-0.15, -0.1) is 0 Å². The molecule has 32 heavy (non-hydrogen) atoms. The monoisotopic (exact) mass is 463 g/mol. The van der Waals surface area contributed by atoms with Gasteiger partial charge in [0, 0.05) is 26.2 Å². The van der Waals surface area contributed by atoms with E-state index in [1.807, 2.05) is 13.8 Å². The summed E-state index contributed by atoms with van der Waals surface area (Å²) in [4.78, 5) is 11.8. The Bertz CT molecular complexity index is 465. The van der Waals surface area contributed by atoms with E-state index in [1.54, 1.807) is 6.92 Å². The van der Waals surface area contributed by atoms with Crippen LogP contribution in [0.2, 0.25) is 0 Å². The second kappa shape index (κ2) is 18.6. The van der Waals surface area contributed by atoms with Crippen LogP contribution in [-0.2, 0) is 28.5 Å². The number of aliphatic hydroxyl groups excluding tert-OH is 2. The van der Waals surface area contributed by atoms with E-state index in [0.717, 1.165) is 25.9 Å². The van der Waals surface area contributed by atoms with Gasteiger partial charge < -0.3 is 39.2 Å². The van der Waals surface area contributed by atoms with Gasteiger partial charge in [-0.3, -0.25) is 4.79 Å². The molecule has 0 radical (unpaired) electrons. The molecule has 9 heteroatoms. The van der Waals surface area contributed by atoms with E-state index in [2.05, 4.69) is 5.32 Å².